The third kappa shape index (κ3) is 12.1. The molecule has 0 unspecified atom stereocenters. The molecule has 4 aliphatic rings. The second-order valence-corrected chi connectivity index (χ2v) is 25.1. The van der Waals surface area contributed by atoms with Crippen LogP contribution in [0.25, 0.3) is 10.9 Å². The number of nitrogens with zero attached hydrogens (tertiary/aromatic N) is 1. The number of rotatable bonds is 21. The second kappa shape index (κ2) is 21.8. The van der Waals surface area contributed by atoms with Crippen LogP contribution in [0.4, 0.5) is 0 Å². The highest BCUT2D eigenvalue weighted by molar-refractivity contribution is 6.74. The van der Waals surface area contributed by atoms with E-state index in [-0.39, 0.29) is 34.7 Å². The van der Waals surface area contributed by atoms with Gasteiger partial charge in [0.2, 0.25) is 11.5 Å². The molecule has 4 heterocycles. The molecule has 1 aliphatic carbocycles. The summed E-state index contributed by atoms with van der Waals surface area (Å²) in [6, 6.07) is 26.1. The van der Waals surface area contributed by atoms with Gasteiger partial charge in [-0.3, -0.25) is 19.3 Å². The minimum Gasteiger partial charge on any atom is -0.487 e. The molecule has 64 heavy (non-hydrogen) atoms. The van der Waals surface area contributed by atoms with Crippen molar-refractivity contribution in [2.45, 2.75) is 147 Å². The van der Waals surface area contributed by atoms with Crippen LogP contribution in [0.15, 0.2) is 83.7 Å². The van der Waals surface area contributed by atoms with Crippen LogP contribution in [0, 0.1) is 5.92 Å². The first-order valence-electron chi connectivity index (χ1n) is 24.3. The third-order valence-electron chi connectivity index (χ3n) is 14.7. The van der Waals surface area contributed by atoms with Gasteiger partial charge in [-0.1, -0.05) is 107 Å². The van der Waals surface area contributed by atoms with Crippen LogP contribution < -0.4 is 20.9 Å². The number of unbranched alkanes of at least 4 members (excludes halogenated alkanes) is 2. The number of H-pyrrole nitrogens is 1. The van der Waals surface area contributed by atoms with E-state index in [2.05, 4.69) is 84.7 Å². The van der Waals surface area contributed by atoms with Crippen LogP contribution >= 0.6 is 0 Å². The molecule has 3 N–H and O–H groups in total. The molecule has 1 saturated carbocycles. The van der Waals surface area contributed by atoms with Crippen molar-refractivity contribution in [1.82, 2.24) is 20.5 Å². The highest BCUT2D eigenvalue weighted by Gasteiger charge is 2.46. The first kappa shape index (κ1) is 47.7. The maximum atomic E-state index is 14.0. The SMILES string of the molecule is CC(C)(C)[Si](C)(C)O[C@@H](CNCCCCCNC(=O)CCCc1cccc(C2(C(=O)O[C@H]3CN4CCC3CC4)CCCCC2)c1)c1ccc(OCc2ccccc2)c2[nH]c(=O)ccc12. The number of ether oxygens (including phenoxy) is 2. The van der Waals surface area contributed by atoms with Crippen molar-refractivity contribution in [3.8, 4) is 5.75 Å². The molecule has 2 atom stereocenters. The Balaban J connectivity index is 0.857. The number of carbonyl (C=O) groups excluding carboxylic acids is 2. The van der Waals surface area contributed by atoms with Gasteiger partial charge in [-0.15, -0.1) is 0 Å². The van der Waals surface area contributed by atoms with Gasteiger partial charge < -0.3 is 29.5 Å². The summed E-state index contributed by atoms with van der Waals surface area (Å²) in [5.74, 6) is 1.22. The van der Waals surface area contributed by atoms with Crippen molar-refractivity contribution in [3.05, 3.63) is 111 Å². The first-order chi connectivity index (χ1) is 30.8. The fourth-order valence-corrected chi connectivity index (χ4v) is 11.0. The fourth-order valence-electron chi connectivity index (χ4n) is 9.77. The number of aromatic amines is 1. The van der Waals surface area contributed by atoms with Crippen LogP contribution in [0.3, 0.4) is 0 Å². The molecular weight excluding hydrogens is 817 g/mol. The molecule has 4 aromatic rings. The molecule has 3 aromatic carbocycles. The summed E-state index contributed by atoms with van der Waals surface area (Å²) in [4.78, 5) is 45.0. The standard InChI is InChI=1S/C53H74N4O6Si/c1-52(2,3)64(4,5)63-46(43-23-25-45(50-44(43)24-26-49(59)56-50)61-38-40-17-9-6-10-18-40)36-54-31-13-8-14-32-55-48(58)22-16-20-39-19-15-21-42(35-39)53(29-11-7-12-30-53)51(60)62-47-37-57-33-27-41(47)28-34-57/h6,9-10,15,17-19,21,23-26,35,41,46-47,54H,7-8,11-14,16,20,22,27-34,36-38H2,1-5H3,(H,55,58)(H,56,59)/t46-,47-/m0/s1. The minimum atomic E-state index is -2.18. The zero-order valence-electron chi connectivity index (χ0n) is 39.3. The molecule has 0 spiro atoms. The van der Waals surface area contributed by atoms with Gasteiger partial charge in [0.15, 0.2) is 8.32 Å². The Morgan fingerprint density at radius 1 is 0.875 bits per heavy atom. The van der Waals surface area contributed by atoms with Crippen LogP contribution in [-0.4, -0.2) is 75.5 Å². The molecule has 10 nitrogen and oxygen atoms in total. The Morgan fingerprint density at radius 3 is 2.36 bits per heavy atom. The smallest absolute Gasteiger partial charge is 0.316 e. The quantitative estimate of drug-likeness (QED) is 0.0430. The van der Waals surface area contributed by atoms with Crippen molar-refractivity contribution in [3.63, 3.8) is 0 Å². The zero-order valence-corrected chi connectivity index (χ0v) is 40.3. The number of pyridine rings is 1. The van der Waals surface area contributed by atoms with Gasteiger partial charge >= 0.3 is 5.97 Å². The molecule has 4 fully saturated rings. The van der Waals surface area contributed by atoms with Gasteiger partial charge in [-0.25, -0.2) is 0 Å². The maximum absolute atomic E-state index is 14.0. The highest BCUT2D eigenvalue weighted by atomic mass is 28.4. The number of fused-ring (bicyclic) bond motifs is 4. The number of aryl methyl sites for hydroxylation is 1. The van der Waals surface area contributed by atoms with E-state index in [1.807, 2.05) is 42.5 Å². The largest absolute Gasteiger partial charge is 0.487 e. The Kier molecular flexibility index (Phi) is 16.2. The Bertz CT molecular complexity index is 2210. The number of aromatic nitrogens is 1. The van der Waals surface area contributed by atoms with E-state index in [1.165, 1.54) is 12.0 Å². The number of benzene rings is 3. The lowest BCUT2D eigenvalue weighted by Gasteiger charge is -2.45. The Morgan fingerprint density at radius 2 is 1.62 bits per heavy atom. The first-order valence-corrected chi connectivity index (χ1v) is 27.2. The summed E-state index contributed by atoms with van der Waals surface area (Å²) in [6.45, 7) is 17.0. The molecule has 2 bridgehead atoms. The van der Waals surface area contributed by atoms with Gasteiger partial charge in [0.05, 0.1) is 17.0 Å². The molecule has 11 heteroatoms. The number of hydrogen-bond acceptors (Lipinski definition) is 8. The topological polar surface area (TPSA) is 122 Å². The number of nitrogens with one attached hydrogen (secondary N) is 3. The molecule has 346 valence electrons. The summed E-state index contributed by atoms with van der Waals surface area (Å²) in [5.41, 5.74) is 4.31. The molecule has 1 aromatic heterocycles. The van der Waals surface area contributed by atoms with Crippen molar-refractivity contribution >= 4 is 31.1 Å². The molecule has 1 amide bonds. The van der Waals surface area contributed by atoms with E-state index >= 15 is 0 Å². The van der Waals surface area contributed by atoms with Crippen LogP contribution in [-0.2, 0) is 37.2 Å². The summed E-state index contributed by atoms with van der Waals surface area (Å²) < 4.78 is 19.7. The number of amides is 1. The molecule has 3 saturated heterocycles. The van der Waals surface area contributed by atoms with Gasteiger partial charge in [-0.05, 0) is 129 Å². The molecule has 0 radical (unpaired) electrons. The monoisotopic (exact) mass is 891 g/mol. The summed E-state index contributed by atoms with van der Waals surface area (Å²) in [7, 11) is -2.18. The molecule has 8 rings (SSSR count). The predicted molar refractivity (Wildman–Crippen MR) is 259 cm³/mol. The average molecular weight is 891 g/mol. The third-order valence-corrected chi connectivity index (χ3v) is 19.2. The maximum Gasteiger partial charge on any atom is 0.316 e. The zero-order chi connectivity index (χ0) is 45.2. The van der Waals surface area contributed by atoms with Gasteiger partial charge in [-0.2, -0.15) is 0 Å². The number of carbonyl (C=O) groups is 2. The van der Waals surface area contributed by atoms with E-state index in [4.69, 9.17) is 13.9 Å². The van der Waals surface area contributed by atoms with Gasteiger partial charge in [0.1, 0.15) is 18.5 Å². The normalized spacial score (nSPS) is 20.2. The number of hydrogen-bond donors (Lipinski definition) is 3. The van der Waals surface area contributed by atoms with E-state index < -0.39 is 13.7 Å². The van der Waals surface area contributed by atoms with Crippen molar-refractivity contribution < 1.29 is 23.5 Å². The van der Waals surface area contributed by atoms with E-state index in [9.17, 15) is 14.4 Å². The lowest BCUT2D eigenvalue weighted by atomic mass is 9.69. The lowest BCUT2D eigenvalue weighted by molar-refractivity contribution is -0.167. The van der Waals surface area contributed by atoms with Crippen LogP contribution in [0.2, 0.25) is 18.1 Å². The summed E-state index contributed by atoms with van der Waals surface area (Å²) in [6.07, 6.45) is 12.0. The average Bonchev–Trinajstić information content (AvgIpc) is 3.29. The lowest BCUT2D eigenvalue weighted by Crippen LogP contribution is -2.53. The molecular formula is C53H74N4O6Si. The van der Waals surface area contributed by atoms with E-state index in [0.29, 0.717) is 43.3 Å². The summed E-state index contributed by atoms with van der Waals surface area (Å²) >= 11 is 0. The van der Waals surface area contributed by atoms with Crippen molar-refractivity contribution in [2.75, 3.05) is 39.3 Å². The van der Waals surface area contributed by atoms with E-state index in [0.717, 1.165) is 119 Å². The van der Waals surface area contributed by atoms with Gasteiger partial charge in [0.25, 0.3) is 0 Å². The molecule has 3 aliphatic heterocycles. The Hall–Kier alpha value is -4.29. The van der Waals surface area contributed by atoms with Crippen LogP contribution in [0.1, 0.15) is 126 Å². The van der Waals surface area contributed by atoms with Gasteiger partial charge in [0, 0.05) is 37.5 Å². The van der Waals surface area contributed by atoms with E-state index in [1.54, 1.807) is 6.07 Å². The van der Waals surface area contributed by atoms with Crippen molar-refractivity contribution in [1.29, 1.82) is 0 Å². The predicted octanol–water partition coefficient (Wildman–Crippen LogP) is 9.91. The number of piperidine rings is 3. The van der Waals surface area contributed by atoms with Crippen LogP contribution in [0.5, 0.6) is 5.75 Å². The number of esters is 1. The fraction of sp³-hybridized carbons (Fsp3) is 0.566. The minimum absolute atomic E-state index is 0.0154. The second-order valence-electron chi connectivity index (χ2n) is 20.3. The Labute approximate surface area is 382 Å². The van der Waals surface area contributed by atoms with Crippen molar-refractivity contribution in [2.24, 2.45) is 5.92 Å². The highest BCUT2D eigenvalue weighted by Crippen LogP contribution is 2.43. The summed E-state index contributed by atoms with van der Waals surface area (Å²) in [5, 5.41) is 7.76.